The minimum absolute atomic E-state index is 0.656. The fourth-order valence-electron chi connectivity index (χ4n) is 8.89. The highest BCUT2D eigenvalue weighted by Gasteiger charge is 2.28. The monoisotopic (exact) mass is 657 g/mol. The summed E-state index contributed by atoms with van der Waals surface area (Å²) in [6.45, 7) is 0. The molecule has 0 N–H and O–H groups in total. The topological polar surface area (TPSA) is 57.0 Å². The molecule has 0 saturated heterocycles. The third kappa shape index (κ3) is 3.05. The average molecular weight is 658 g/mol. The van der Waals surface area contributed by atoms with Gasteiger partial charge >= 0.3 is 0 Å². The van der Waals surface area contributed by atoms with Gasteiger partial charge in [0.2, 0.25) is 0 Å². The summed E-state index contributed by atoms with van der Waals surface area (Å²) in [6, 6.07) is 37.0. The lowest BCUT2D eigenvalue weighted by atomic mass is 9.95. The standard InChI is InChI=1S/C44H23N3O2S/c1-3-12-31-24(8-1)28-21-23(16-19-33(28)48-31)43-45-41-27-9-2-4-13-32(27)49-42(41)44(46-43)47-29-17-15-22-7-5-10-25-26-11-6-14-34-37(26)40-35(50-34)20-18-30(47)39(40)38(29)36(22)25/h2,4-21H,1,3H2. The maximum absolute atomic E-state index is 6.70. The highest BCUT2D eigenvalue weighted by atomic mass is 32.1. The van der Waals surface area contributed by atoms with Crippen molar-refractivity contribution in [1.29, 1.82) is 0 Å². The van der Waals surface area contributed by atoms with Gasteiger partial charge in [-0.05, 0) is 95.4 Å². The second-order valence-corrected chi connectivity index (χ2v) is 14.6. The van der Waals surface area contributed by atoms with Crippen molar-refractivity contribution >= 4 is 109 Å². The van der Waals surface area contributed by atoms with E-state index in [0.29, 0.717) is 11.4 Å². The van der Waals surface area contributed by atoms with Crippen molar-refractivity contribution in [2.24, 2.45) is 0 Å². The molecule has 232 valence electrons. The van der Waals surface area contributed by atoms with Gasteiger partial charge in [0, 0.05) is 52.5 Å². The summed E-state index contributed by atoms with van der Waals surface area (Å²) in [5, 5.41) is 10.9. The highest BCUT2D eigenvalue weighted by Crippen LogP contribution is 2.52. The summed E-state index contributed by atoms with van der Waals surface area (Å²) in [5.74, 6) is 1.40. The maximum atomic E-state index is 6.70. The number of thiophene rings is 1. The molecular weight excluding hydrogens is 635 g/mol. The van der Waals surface area contributed by atoms with Crippen LogP contribution in [0.2, 0.25) is 0 Å². The first-order chi connectivity index (χ1) is 24.8. The van der Waals surface area contributed by atoms with Crippen LogP contribution in [0, 0.1) is 0 Å². The van der Waals surface area contributed by atoms with Crippen molar-refractivity contribution in [3.8, 4) is 28.3 Å². The van der Waals surface area contributed by atoms with Crippen LogP contribution >= 0.6 is 11.3 Å². The van der Waals surface area contributed by atoms with Crippen LogP contribution in [0.4, 0.5) is 0 Å². The zero-order valence-corrected chi connectivity index (χ0v) is 27.3. The Hall–Kier alpha value is -6.24. The Kier molecular flexibility index (Phi) is 4.56. The van der Waals surface area contributed by atoms with Crippen LogP contribution < -0.4 is 10.6 Å². The molecule has 0 aliphatic heterocycles. The predicted octanol–water partition coefficient (Wildman–Crippen LogP) is 10.7. The van der Waals surface area contributed by atoms with E-state index in [1.54, 1.807) is 0 Å². The third-order valence-corrected chi connectivity index (χ3v) is 12.1. The molecule has 50 heavy (non-hydrogen) atoms. The highest BCUT2D eigenvalue weighted by molar-refractivity contribution is 7.26. The lowest BCUT2D eigenvalue weighted by Crippen LogP contribution is -2.22. The summed E-state index contributed by atoms with van der Waals surface area (Å²) < 4.78 is 17.9. The number of nitrogens with zero attached hydrogens (tertiary/aromatic N) is 3. The molecule has 13 rings (SSSR count). The normalized spacial score (nSPS) is 13.8. The first-order valence-electron chi connectivity index (χ1n) is 17.1. The Morgan fingerprint density at radius 2 is 1.40 bits per heavy atom. The van der Waals surface area contributed by atoms with Gasteiger partial charge in [0.15, 0.2) is 17.2 Å². The van der Waals surface area contributed by atoms with Crippen molar-refractivity contribution in [2.45, 2.75) is 12.8 Å². The number of para-hydroxylation sites is 1. The molecule has 0 saturated carbocycles. The van der Waals surface area contributed by atoms with E-state index in [1.807, 2.05) is 29.5 Å². The molecule has 6 heteroatoms. The van der Waals surface area contributed by atoms with Crippen LogP contribution in [0.3, 0.4) is 0 Å². The Morgan fingerprint density at radius 1 is 0.600 bits per heavy atom. The molecule has 0 amide bonds. The van der Waals surface area contributed by atoms with E-state index >= 15 is 0 Å². The molecule has 5 aromatic heterocycles. The molecule has 0 bridgehead atoms. The fraction of sp³-hybridized carbons (Fsp3) is 0.0455. The minimum Gasteiger partial charge on any atom is -0.456 e. The maximum Gasteiger partial charge on any atom is 0.197 e. The molecule has 0 atom stereocenters. The Labute approximate surface area is 286 Å². The quantitative estimate of drug-likeness (QED) is 0.186. The molecule has 0 unspecified atom stereocenters. The van der Waals surface area contributed by atoms with Gasteiger partial charge in [0.1, 0.15) is 22.1 Å². The van der Waals surface area contributed by atoms with Crippen molar-refractivity contribution < 1.29 is 8.83 Å². The zero-order chi connectivity index (χ0) is 32.2. The molecule has 0 spiro atoms. The van der Waals surface area contributed by atoms with Crippen molar-refractivity contribution in [1.82, 2.24) is 14.5 Å². The van der Waals surface area contributed by atoms with E-state index in [-0.39, 0.29) is 0 Å². The van der Waals surface area contributed by atoms with Crippen molar-refractivity contribution in [2.75, 3.05) is 0 Å². The van der Waals surface area contributed by atoms with Crippen LogP contribution in [0.15, 0.2) is 112 Å². The summed E-state index contributed by atoms with van der Waals surface area (Å²) in [4.78, 5) is 10.7. The molecular formula is C44H23N3O2S. The largest absolute Gasteiger partial charge is 0.456 e. The van der Waals surface area contributed by atoms with Gasteiger partial charge in [-0.2, -0.15) is 0 Å². The van der Waals surface area contributed by atoms with Crippen LogP contribution in [0.1, 0.15) is 12.8 Å². The van der Waals surface area contributed by atoms with Gasteiger partial charge in [0.25, 0.3) is 0 Å². The summed E-state index contributed by atoms with van der Waals surface area (Å²) in [7, 11) is 0. The summed E-state index contributed by atoms with van der Waals surface area (Å²) >= 11 is 1.87. The van der Waals surface area contributed by atoms with Gasteiger partial charge < -0.3 is 8.83 Å². The number of hydrogen-bond acceptors (Lipinski definition) is 5. The smallest absolute Gasteiger partial charge is 0.197 e. The molecule has 2 aliphatic rings. The van der Waals surface area contributed by atoms with Gasteiger partial charge in [-0.25, -0.2) is 9.97 Å². The third-order valence-electron chi connectivity index (χ3n) is 11.0. The van der Waals surface area contributed by atoms with Gasteiger partial charge in [-0.15, -0.1) is 11.3 Å². The number of benzene rings is 6. The second kappa shape index (κ2) is 8.86. The van der Waals surface area contributed by atoms with E-state index in [4.69, 9.17) is 18.8 Å². The molecule has 0 fully saturated rings. The molecule has 2 aliphatic carbocycles. The average Bonchev–Trinajstić information content (AvgIpc) is 3.90. The van der Waals surface area contributed by atoms with Crippen LogP contribution in [-0.2, 0) is 0 Å². The SMILES string of the molecule is C1=c2oc3ccc(-c4nc(-n5c6ccc7cccc8c7c6c6c7c(ccc65)sc5cccc-8c57)c5oc6ccccc6c5n4)cc3c2=CCC1. The van der Waals surface area contributed by atoms with Gasteiger partial charge in [-0.1, -0.05) is 54.6 Å². The minimum atomic E-state index is 0.656. The number of hydrogen-bond donors (Lipinski definition) is 0. The Morgan fingerprint density at radius 3 is 2.36 bits per heavy atom. The molecule has 5 heterocycles. The van der Waals surface area contributed by atoms with E-state index in [1.165, 1.54) is 52.8 Å². The number of furan rings is 2. The Bertz CT molecular complexity index is 3500. The summed E-state index contributed by atoms with van der Waals surface area (Å²) in [5.41, 5.74) is 9.86. The number of fused-ring (bicyclic) bond motifs is 7. The van der Waals surface area contributed by atoms with E-state index < -0.39 is 0 Å². The lowest BCUT2D eigenvalue weighted by molar-refractivity contribution is 0.572. The van der Waals surface area contributed by atoms with Gasteiger partial charge in [0.05, 0.1) is 11.0 Å². The number of rotatable bonds is 2. The molecule has 5 nitrogen and oxygen atoms in total. The molecule has 0 radical (unpaired) electrons. The zero-order valence-electron chi connectivity index (χ0n) is 26.5. The molecule has 11 aromatic rings. The number of aromatic nitrogens is 3. The first kappa shape index (κ1) is 25.7. The summed E-state index contributed by atoms with van der Waals surface area (Å²) in [6.07, 6.45) is 6.49. The molecule has 6 aromatic carbocycles. The van der Waals surface area contributed by atoms with Crippen LogP contribution in [0.25, 0.3) is 126 Å². The van der Waals surface area contributed by atoms with Crippen LogP contribution in [-0.4, -0.2) is 14.5 Å². The van der Waals surface area contributed by atoms with E-state index in [0.717, 1.165) is 73.3 Å². The second-order valence-electron chi connectivity index (χ2n) is 13.5. The Balaban J connectivity index is 1.22. The predicted molar refractivity (Wildman–Crippen MR) is 206 cm³/mol. The van der Waals surface area contributed by atoms with E-state index in [2.05, 4.69) is 102 Å². The van der Waals surface area contributed by atoms with Gasteiger partial charge in [-0.3, -0.25) is 4.57 Å². The fourth-order valence-corrected chi connectivity index (χ4v) is 10.0. The van der Waals surface area contributed by atoms with E-state index in [9.17, 15) is 0 Å². The lowest BCUT2D eigenvalue weighted by Gasteiger charge is -2.12. The van der Waals surface area contributed by atoms with Crippen LogP contribution in [0.5, 0.6) is 0 Å². The van der Waals surface area contributed by atoms with Crippen molar-refractivity contribution in [3.63, 3.8) is 0 Å². The van der Waals surface area contributed by atoms with Crippen molar-refractivity contribution in [3.05, 3.63) is 114 Å². The first-order valence-corrected chi connectivity index (χ1v) is 17.9.